The maximum atomic E-state index is 12.4. The second kappa shape index (κ2) is 7.21. The largest absolute Gasteiger partial charge is 0.481 e. The summed E-state index contributed by atoms with van der Waals surface area (Å²) in [5, 5.41) is 14.1. The van der Waals surface area contributed by atoms with Gasteiger partial charge in [0.1, 0.15) is 5.82 Å². The van der Waals surface area contributed by atoms with Crippen molar-refractivity contribution < 1.29 is 19.4 Å². The molecule has 1 amide bonds. The molecule has 0 spiro atoms. The molecule has 8 heteroatoms. The number of methoxy groups -OCH3 is 1. The van der Waals surface area contributed by atoms with Gasteiger partial charge in [-0.05, 0) is 13.3 Å². The van der Waals surface area contributed by atoms with Gasteiger partial charge in [0.15, 0.2) is 0 Å². The van der Waals surface area contributed by atoms with Crippen LogP contribution in [0.3, 0.4) is 0 Å². The molecule has 1 aliphatic heterocycles. The lowest BCUT2D eigenvalue weighted by molar-refractivity contribution is -0.142. The Bertz CT molecular complexity index is 626. The van der Waals surface area contributed by atoms with E-state index in [9.17, 15) is 14.7 Å². The van der Waals surface area contributed by atoms with E-state index in [2.05, 4.69) is 5.10 Å². The maximum absolute atomic E-state index is 12.4. The SMILES string of the molecule is COCCCN1C(=O)CC(C(=O)O)C1c1c(C)nn(C)c1N(C)C. The zero-order valence-electron chi connectivity index (χ0n) is 14.9. The van der Waals surface area contributed by atoms with Gasteiger partial charge in [-0.1, -0.05) is 0 Å². The maximum Gasteiger partial charge on any atom is 0.309 e. The molecule has 1 aromatic heterocycles. The highest BCUT2D eigenvalue weighted by atomic mass is 16.5. The Morgan fingerprint density at radius 1 is 1.46 bits per heavy atom. The molecule has 1 aliphatic rings. The van der Waals surface area contributed by atoms with Gasteiger partial charge in [0.2, 0.25) is 5.91 Å². The van der Waals surface area contributed by atoms with Gasteiger partial charge < -0.3 is 19.6 Å². The summed E-state index contributed by atoms with van der Waals surface area (Å²) in [6.45, 7) is 2.86. The van der Waals surface area contributed by atoms with Crippen molar-refractivity contribution >= 4 is 17.7 Å². The monoisotopic (exact) mass is 338 g/mol. The molecule has 2 unspecified atom stereocenters. The molecule has 2 atom stereocenters. The van der Waals surface area contributed by atoms with Crippen molar-refractivity contribution in [2.75, 3.05) is 39.3 Å². The summed E-state index contributed by atoms with van der Waals surface area (Å²) in [6, 6.07) is -0.502. The Balaban J connectivity index is 2.48. The summed E-state index contributed by atoms with van der Waals surface area (Å²) in [5.41, 5.74) is 1.57. The smallest absolute Gasteiger partial charge is 0.309 e. The number of amides is 1. The van der Waals surface area contributed by atoms with E-state index in [-0.39, 0.29) is 12.3 Å². The zero-order valence-corrected chi connectivity index (χ0v) is 14.9. The second-order valence-corrected chi connectivity index (χ2v) is 6.37. The van der Waals surface area contributed by atoms with Crippen LogP contribution in [0, 0.1) is 12.8 Å². The number of likely N-dealkylation sites (tertiary alicyclic amines) is 1. The van der Waals surface area contributed by atoms with Crippen LogP contribution >= 0.6 is 0 Å². The fourth-order valence-corrected chi connectivity index (χ4v) is 3.55. The fraction of sp³-hybridized carbons (Fsp3) is 0.688. The molecule has 0 aliphatic carbocycles. The quantitative estimate of drug-likeness (QED) is 0.740. The van der Waals surface area contributed by atoms with Crippen molar-refractivity contribution in [2.24, 2.45) is 13.0 Å². The minimum Gasteiger partial charge on any atom is -0.481 e. The summed E-state index contributed by atoms with van der Waals surface area (Å²) in [6.07, 6.45) is 0.690. The van der Waals surface area contributed by atoms with Crippen molar-refractivity contribution in [3.05, 3.63) is 11.3 Å². The number of carbonyl (C=O) groups excluding carboxylic acids is 1. The van der Waals surface area contributed by atoms with Gasteiger partial charge in [-0.3, -0.25) is 14.3 Å². The Labute approximate surface area is 142 Å². The average Bonchev–Trinajstić information content (AvgIpc) is 2.96. The average molecular weight is 338 g/mol. The number of hydrogen-bond donors (Lipinski definition) is 1. The third-order valence-corrected chi connectivity index (χ3v) is 4.45. The van der Waals surface area contributed by atoms with Gasteiger partial charge in [0.05, 0.1) is 17.7 Å². The summed E-state index contributed by atoms with van der Waals surface area (Å²) in [4.78, 5) is 27.8. The third-order valence-electron chi connectivity index (χ3n) is 4.45. The van der Waals surface area contributed by atoms with Crippen LogP contribution in [-0.4, -0.2) is 66.0 Å². The molecule has 0 saturated carbocycles. The predicted molar refractivity (Wildman–Crippen MR) is 89.0 cm³/mol. The minimum atomic E-state index is -0.949. The molecule has 2 rings (SSSR count). The van der Waals surface area contributed by atoms with E-state index < -0.39 is 17.9 Å². The lowest BCUT2D eigenvalue weighted by atomic mass is 9.93. The van der Waals surface area contributed by atoms with Crippen LogP contribution in [0.5, 0.6) is 0 Å². The number of aliphatic carboxylic acids is 1. The van der Waals surface area contributed by atoms with E-state index in [0.717, 1.165) is 17.1 Å². The van der Waals surface area contributed by atoms with E-state index in [4.69, 9.17) is 4.74 Å². The van der Waals surface area contributed by atoms with E-state index >= 15 is 0 Å². The number of carboxylic acid groups (broad SMARTS) is 1. The highest BCUT2D eigenvalue weighted by Gasteiger charge is 2.47. The number of carboxylic acids is 1. The molecule has 134 valence electrons. The molecular formula is C16H26N4O4. The van der Waals surface area contributed by atoms with Crippen molar-refractivity contribution in [1.82, 2.24) is 14.7 Å². The molecule has 1 N–H and O–H groups in total. The molecule has 1 aromatic rings. The first-order valence-corrected chi connectivity index (χ1v) is 8.01. The van der Waals surface area contributed by atoms with E-state index in [1.165, 1.54) is 0 Å². The topological polar surface area (TPSA) is 87.9 Å². The van der Waals surface area contributed by atoms with Crippen LogP contribution in [0.25, 0.3) is 0 Å². The standard InChI is InChI=1S/C16H26N4O4/c1-10-13(15(18(2)3)19(4)17-10)14-11(16(22)23)9-12(21)20(14)7-6-8-24-5/h11,14H,6-9H2,1-5H3,(H,22,23). The first-order valence-electron chi connectivity index (χ1n) is 8.01. The Kier molecular flexibility index (Phi) is 5.48. The Morgan fingerprint density at radius 3 is 2.67 bits per heavy atom. The third kappa shape index (κ3) is 3.24. The van der Waals surface area contributed by atoms with Gasteiger partial charge in [0, 0.05) is 53.4 Å². The number of ether oxygens (including phenoxy) is 1. The van der Waals surface area contributed by atoms with E-state index in [1.54, 1.807) is 16.7 Å². The van der Waals surface area contributed by atoms with Crippen LogP contribution in [0.4, 0.5) is 5.82 Å². The zero-order chi connectivity index (χ0) is 18.0. The van der Waals surface area contributed by atoms with Crippen molar-refractivity contribution in [3.63, 3.8) is 0 Å². The minimum absolute atomic E-state index is 0.0220. The van der Waals surface area contributed by atoms with Crippen LogP contribution in [-0.2, 0) is 21.4 Å². The number of rotatable bonds is 7. The molecule has 8 nitrogen and oxygen atoms in total. The summed E-state index contributed by atoms with van der Waals surface area (Å²) in [7, 11) is 7.22. The second-order valence-electron chi connectivity index (χ2n) is 6.37. The number of nitrogens with zero attached hydrogens (tertiary/aromatic N) is 4. The van der Waals surface area contributed by atoms with E-state index in [1.807, 2.05) is 33.0 Å². The molecule has 0 radical (unpaired) electrons. The van der Waals surface area contributed by atoms with Gasteiger partial charge in [-0.15, -0.1) is 0 Å². The van der Waals surface area contributed by atoms with Crippen LogP contribution in [0.2, 0.25) is 0 Å². The Morgan fingerprint density at radius 2 is 2.12 bits per heavy atom. The number of aryl methyl sites for hydroxylation is 2. The van der Waals surface area contributed by atoms with Crippen molar-refractivity contribution in [3.8, 4) is 0 Å². The molecule has 1 fully saturated rings. The molecule has 0 aromatic carbocycles. The fourth-order valence-electron chi connectivity index (χ4n) is 3.55. The number of aromatic nitrogens is 2. The molecule has 0 bridgehead atoms. The summed E-state index contributed by atoms with van der Waals surface area (Å²) in [5.74, 6) is -1.01. The Hall–Kier alpha value is -2.09. The first kappa shape index (κ1) is 18.3. The van der Waals surface area contributed by atoms with Crippen LogP contribution in [0.15, 0.2) is 0 Å². The van der Waals surface area contributed by atoms with E-state index in [0.29, 0.717) is 19.6 Å². The number of anilines is 1. The normalized spacial score (nSPS) is 20.7. The van der Waals surface area contributed by atoms with Crippen molar-refractivity contribution in [1.29, 1.82) is 0 Å². The number of carbonyl (C=O) groups is 2. The van der Waals surface area contributed by atoms with Crippen molar-refractivity contribution in [2.45, 2.75) is 25.8 Å². The lowest BCUT2D eigenvalue weighted by Gasteiger charge is -2.29. The van der Waals surface area contributed by atoms with Crippen LogP contribution in [0.1, 0.15) is 30.1 Å². The van der Waals surface area contributed by atoms with Gasteiger partial charge in [0.25, 0.3) is 0 Å². The summed E-state index contributed by atoms with van der Waals surface area (Å²) < 4.78 is 6.80. The molecule has 24 heavy (non-hydrogen) atoms. The first-order chi connectivity index (χ1) is 11.3. The lowest BCUT2D eigenvalue weighted by Crippen LogP contribution is -2.33. The molecule has 1 saturated heterocycles. The predicted octanol–water partition coefficient (Wildman–Crippen LogP) is 0.805. The van der Waals surface area contributed by atoms with Gasteiger partial charge >= 0.3 is 5.97 Å². The number of hydrogen-bond acceptors (Lipinski definition) is 5. The highest BCUT2D eigenvalue weighted by Crippen LogP contribution is 2.43. The van der Waals surface area contributed by atoms with Crippen LogP contribution < -0.4 is 4.90 Å². The summed E-state index contributed by atoms with van der Waals surface area (Å²) >= 11 is 0. The molecule has 2 heterocycles. The highest BCUT2D eigenvalue weighted by molar-refractivity contribution is 5.88. The molecular weight excluding hydrogens is 312 g/mol. The van der Waals surface area contributed by atoms with Gasteiger partial charge in [-0.25, -0.2) is 0 Å². The van der Waals surface area contributed by atoms with Gasteiger partial charge in [-0.2, -0.15) is 5.10 Å².